The average Bonchev–Trinajstić information content (AvgIpc) is 2.67. The molecule has 2 aliphatic heterocycles. The van der Waals surface area contributed by atoms with Gasteiger partial charge in [-0.2, -0.15) is 0 Å². The number of nitrogens with two attached hydrogens (primary N) is 1. The predicted octanol–water partition coefficient (Wildman–Crippen LogP) is 3.74. The van der Waals surface area contributed by atoms with Crippen molar-refractivity contribution in [3.63, 3.8) is 0 Å². The number of nitrogens with zero attached hydrogens (tertiary/aromatic N) is 3. The molecule has 3 rings (SSSR count). The van der Waals surface area contributed by atoms with Gasteiger partial charge in [-0.1, -0.05) is 76.7 Å². The van der Waals surface area contributed by atoms with E-state index in [0.29, 0.717) is 16.7 Å². The van der Waals surface area contributed by atoms with E-state index in [0.717, 1.165) is 39.3 Å². The van der Waals surface area contributed by atoms with Crippen molar-refractivity contribution >= 4 is 46.4 Å². The zero-order valence-corrected chi connectivity index (χ0v) is 17.4. The molecule has 1 atom stereocenters. The Morgan fingerprint density at radius 2 is 1.54 bits per heavy atom. The molecule has 1 unspecified atom stereocenters. The second kappa shape index (κ2) is 9.05. The van der Waals surface area contributed by atoms with E-state index in [1.807, 2.05) is 6.07 Å². The number of benzene rings is 1. The van der Waals surface area contributed by atoms with Crippen molar-refractivity contribution in [2.45, 2.75) is 12.0 Å². The first-order valence-electron chi connectivity index (χ1n) is 8.57. The van der Waals surface area contributed by atoms with Gasteiger partial charge in [-0.25, -0.2) is 0 Å². The molecule has 0 amide bonds. The molecule has 26 heavy (non-hydrogen) atoms. The van der Waals surface area contributed by atoms with Gasteiger partial charge in [0.1, 0.15) is 10.7 Å². The molecular formula is C18H22Cl4N4. The Balaban J connectivity index is 1.48. The van der Waals surface area contributed by atoms with Crippen LogP contribution in [-0.2, 0) is 6.54 Å². The van der Waals surface area contributed by atoms with Crippen LogP contribution in [0.4, 0.5) is 0 Å². The van der Waals surface area contributed by atoms with Crippen molar-refractivity contribution in [3.8, 4) is 0 Å². The molecule has 1 fully saturated rings. The Bertz CT molecular complexity index is 684. The molecule has 0 bridgehead atoms. The van der Waals surface area contributed by atoms with E-state index < -0.39 is 5.50 Å². The monoisotopic (exact) mass is 434 g/mol. The molecule has 0 radical (unpaired) electrons. The number of hydrogen-bond donors (Lipinski definition) is 1. The highest BCUT2D eigenvalue weighted by Crippen LogP contribution is 2.37. The topological polar surface area (TPSA) is 35.7 Å². The number of rotatable bonds is 5. The number of halogens is 4. The van der Waals surface area contributed by atoms with Crippen LogP contribution in [0.25, 0.3) is 0 Å². The quantitative estimate of drug-likeness (QED) is 0.564. The first-order chi connectivity index (χ1) is 12.5. The maximum Gasteiger partial charge on any atom is 0.143 e. The van der Waals surface area contributed by atoms with Gasteiger partial charge in [-0.3, -0.25) is 9.80 Å². The van der Waals surface area contributed by atoms with E-state index in [1.54, 1.807) is 4.90 Å². The smallest absolute Gasteiger partial charge is 0.143 e. The largest absolute Gasteiger partial charge is 0.396 e. The number of hydrogen-bond acceptors (Lipinski definition) is 4. The molecular weight excluding hydrogens is 414 g/mol. The Morgan fingerprint density at radius 3 is 2.19 bits per heavy atom. The molecule has 1 saturated heterocycles. The molecule has 2 N–H and O–H groups in total. The lowest BCUT2D eigenvalue weighted by Crippen LogP contribution is -2.48. The van der Waals surface area contributed by atoms with Gasteiger partial charge >= 0.3 is 0 Å². The lowest BCUT2D eigenvalue weighted by molar-refractivity contribution is 0.119. The van der Waals surface area contributed by atoms with Crippen LogP contribution in [0.5, 0.6) is 0 Å². The van der Waals surface area contributed by atoms with E-state index in [9.17, 15) is 0 Å². The van der Waals surface area contributed by atoms with Crippen molar-refractivity contribution in [1.29, 1.82) is 0 Å². The van der Waals surface area contributed by atoms with Gasteiger partial charge in [0.05, 0.1) is 15.8 Å². The zero-order valence-electron chi connectivity index (χ0n) is 14.3. The van der Waals surface area contributed by atoms with Crippen LogP contribution in [0.1, 0.15) is 5.56 Å². The highest BCUT2D eigenvalue weighted by Gasteiger charge is 2.31. The summed E-state index contributed by atoms with van der Waals surface area (Å²) in [5, 5.41) is 0.950. The van der Waals surface area contributed by atoms with Crippen LogP contribution in [0.3, 0.4) is 0 Å². The molecule has 1 aromatic rings. The minimum absolute atomic E-state index is 0.254. The summed E-state index contributed by atoms with van der Waals surface area (Å²) in [5.74, 6) is 0. The fourth-order valence-electron chi connectivity index (χ4n) is 3.18. The summed E-state index contributed by atoms with van der Waals surface area (Å²) in [7, 11) is 0. The number of piperazine rings is 1. The van der Waals surface area contributed by atoms with Crippen LogP contribution >= 0.6 is 46.4 Å². The molecule has 0 saturated carbocycles. The Labute approximate surface area is 174 Å². The summed E-state index contributed by atoms with van der Waals surface area (Å²) in [5.41, 5.74) is 6.86. The van der Waals surface area contributed by atoms with Crippen molar-refractivity contribution in [1.82, 2.24) is 14.7 Å². The molecule has 4 nitrogen and oxygen atoms in total. The summed E-state index contributed by atoms with van der Waals surface area (Å²) in [6, 6.07) is 10.6. The van der Waals surface area contributed by atoms with Crippen molar-refractivity contribution in [2.75, 3.05) is 39.3 Å². The van der Waals surface area contributed by atoms with Gasteiger partial charge in [0.15, 0.2) is 0 Å². The maximum atomic E-state index is 6.37. The molecule has 2 heterocycles. The maximum absolute atomic E-state index is 6.37. The Hall–Kier alpha value is -0.620. The lowest BCUT2D eigenvalue weighted by Gasteiger charge is -2.38. The lowest BCUT2D eigenvalue weighted by atomic mass is 10.2. The number of allylic oxidation sites excluding steroid dienone is 1. The summed E-state index contributed by atoms with van der Waals surface area (Å²) >= 11 is 25.0. The summed E-state index contributed by atoms with van der Waals surface area (Å²) in [6.07, 6.45) is 0. The third-order valence-corrected chi connectivity index (χ3v) is 6.64. The standard InChI is InChI=1S/C18H22Cl4N4/c19-14-16(23)15(20)18(22)26(17(14)21)11-10-24-6-8-25(9-7-24)12-13-4-2-1-3-5-13/h1-5,17H,6-12,23H2. The van der Waals surface area contributed by atoms with Crippen LogP contribution in [0, 0.1) is 0 Å². The van der Waals surface area contributed by atoms with Crippen molar-refractivity contribution in [3.05, 3.63) is 56.8 Å². The fraction of sp³-hybridized carbons (Fsp3) is 0.444. The SMILES string of the molecule is NC1=C(Cl)C(Cl)N(CCN2CCN(Cc3ccccc3)CC2)C(Cl)=C1Cl. The zero-order chi connectivity index (χ0) is 18.7. The third kappa shape index (κ3) is 4.61. The van der Waals surface area contributed by atoms with Gasteiger partial charge in [-0.05, 0) is 5.56 Å². The predicted molar refractivity (Wildman–Crippen MR) is 110 cm³/mol. The summed E-state index contributed by atoms with van der Waals surface area (Å²) in [4.78, 5) is 6.67. The van der Waals surface area contributed by atoms with Gasteiger partial charge < -0.3 is 10.6 Å². The first-order valence-corrected chi connectivity index (χ1v) is 10.1. The molecule has 0 spiro atoms. The second-order valence-electron chi connectivity index (χ2n) is 6.50. The van der Waals surface area contributed by atoms with E-state index in [4.69, 9.17) is 52.1 Å². The molecule has 0 aromatic heterocycles. The second-order valence-corrected chi connectivity index (χ2v) is 8.06. The van der Waals surface area contributed by atoms with Crippen LogP contribution in [-0.4, -0.2) is 59.5 Å². The van der Waals surface area contributed by atoms with Crippen molar-refractivity contribution < 1.29 is 0 Å². The highest BCUT2D eigenvalue weighted by atomic mass is 35.5. The summed E-state index contributed by atoms with van der Waals surface area (Å²) in [6.45, 7) is 6.57. The van der Waals surface area contributed by atoms with Gasteiger partial charge in [0.2, 0.25) is 0 Å². The van der Waals surface area contributed by atoms with E-state index in [1.165, 1.54) is 5.56 Å². The third-order valence-electron chi connectivity index (χ3n) is 4.78. The highest BCUT2D eigenvalue weighted by molar-refractivity contribution is 6.44. The van der Waals surface area contributed by atoms with Gasteiger partial charge in [-0.15, -0.1) is 0 Å². The Kier molecular flexibility index (Phi) is 7.00. The van der Waals surface area contributed by atoms with Crippen molar-refractivity contribution in [2.24, 2.45) is 5.73 Å². The fourth-order valence-corrected chi connectivity index (χ4v) is 4.30. The average molecular weight is 436 g/mol. The molecule has 8 heteroatoms. The molecule has 142 valence electrons. The van der Waals surface area contributed by atoms with E-state index >= 15 is 0 Å². The normalized spacial score (nSPS) is 23.1. The van der Waals surface area contributed by atoms with Crippen LogP contribution < -0.4 is 5.73 Å². The first kappa shape index (κ1) is 20.1. The minimum atomic E-state index is -0.578. The van der Waals surface area contributed by atoms with Crippen LogP contribution in [0.2, 0.25) is 0 Å². The molecule has 2 aliphatic rings. The van der Waals surface area contributed by atoms with E-state index in [-0.39, 0.29) is 10.7 Å². The molecule has 1 aromatic carbocycles. The number of alkyl halides is 1. The van der Waals surface area contributed by atoms with Crippen LogP contribution in [0.15, 0.2) is 51.2 Å². The minimum Gasteiger partial charge on any atom is -0.396 e. The summed E-state index contributed by atoms with van der Waals surface area (Å²) < 4.78 is 0. The van der Waals surface area contributed by atoms with E-state index in [2.05, 4.69) is 34.1 Å². The molecule has 0 aliphatic carbocycles. The van der Waals surface area contributed by atoms with Gasteiger partial charge in [0.25, 0.3) is 0 Å². The Morgan fingerprint density at radius 1 is 0.923 bits per heavy atom. The van der Waals surface area contributed by atoms with Gasteiger partial charge in [0, 0.05) is 45.8 Å².